The molecule has 2 heterocycles. The molecule has 1 aromatic heterocycles. The molecule has 0 radical (unpaired) electrons. The van der Waals surface area contributed by atoms with Crippen LogP contribution in [0.25, 0.3) is 0 Å². The number of esters is 1. The monoisotopic (exact) mass is 481 g/mol. The summed E-state index contributed by atoms with van der Waals surface area (Å²) in [6.45, 7) is 4.84. The lowest BCUT2D eigenvalue weighted by molar-refractivity contribution is -0.385. The Kier molecular flexibility index (Phi) is 6.82. The van der Waals surface area contributed by atoms with Crippen molar-refractivity contribution in [3.63, 3.8) is 0 Å². The van der Waals surface area contributed by atoms with Crippen molar-refractivity contribution < 1.29 is 19.2 Å². The zero-order chi connectivity index (χ0) is 24.2. The minimum atomic E-state index is -0.481. The molecule has 11 heteroatoms. The number of hydrogen-bond donors (Lipinski definition) is 0. The van der Waals surface area contributed by atoms with Crippen LogP contribution < -0.4 is 9.64 Å². The predicted molar refractivity (Wildman–Crippen MR) is 126 cm³/mol. The average molecular weight is 482 g/mol. The molecule has 1 aliphatic rings. The van der Waals surface area contributed by atoms with Gasteiger partial charge in [-0.25, -0.2) is 4.98 Å². The summed E-state index contributed by atoms with van der Waals surface area (Å²) in [5.74, 6) is 0.0959. The molecular formula is C23H23N5O5S. The van der Waals surface area contributed by atoms with E-state index in [9.17, 15) is 19.7 Å². The number of benzene rings is 2. The quantitative estimate of drug-likeness (QED) is 0.228. The first-order valence-electron chi connectivity index (χ1n) is 10.7. The largest absolute Gasteiger partial charge is 0.426 e. The molecule has 0 spiro atoms. The Morgan fingerprint density at radius 1 is 1.18 bits per heavy atom. The molecule has 0 N–H and O–H groups in total. The second-order valence-electron chi connectivity index (χ2n) is 7.94. The minimum Gasteiger partial charge on any atom is -0.426 e. The fourth-order valence-corrected chi connectivity index (χ4v) is 4.65. The van der Waals surface area contributed by atoms with Crippen molar-refractivity contribution in [3.8, 4) is 5.75 Å². The van der Waals surface area contributed by atoms with Gasteiger partial charge >= 0.3 is 5.97 Å². The van der Waals surface area contributed by atoms with Gasteiger partial charge in [0.15, 0.2) is 0 Å². The van der Waals surface area contributed by atoms with E-state index in [0.717, 1.165) is 0 Å². The molecular weight excluding hydrogens is 458 g/mol. The molecule has 1 unspecified atom stereocenters. The van der Waals surface area contributed by atoms with Crippen LogP contribution in [0.3, 0.4) is 0 Å². The first kappa shape index (κ1) is 23.3. The van der Waals surface area contributed by atoms with Crippen LogP contribution in [0.5, 0.6) is 5.75 Å². The van der Waals surface area contributed by atoms with Crippen molar-refractivity contribution in [1.29, 1.82) is 0 Å². The van der Waals surface area contributed by atoms with Crippen LogP contribution in [0, 0.1) is 10.1 Å². The Hall–Kier alpha value is -3.86. The fraction of sp³-hybridized carbons (Fsp3) is 0.304. The second kappa shape index (κ2) is 9.96. The predicted octanol–water partition coefficient (Wildman–Crippen LogP) is 3.31. The lowest BCUT2D eigenvalue weighted by Gasteiger charge is -2.39. The number of aromatic nitrogens is 2. The van der Waals surface area contributed by atoms with Crippen LogP contribution in [-0.2, 0) is 11.2 Å². The Bertz CT molecular complexity index is 1230. The van der Waals surface area contributed by atoms with Crippen LogP contribution >= 0.6 is 11.5 Å². The molecule has 4 rings (SSSR count). The highest BCUT2D eigenvalue weighted by Gasteiger charge is 2.31. The van der Waals surface area contributed by atoms with Gasteiger partial charge in [0.2, 0.25) is 5.13 Å². The van der Waals surface area contributed by atoms with E-state index in [1.54, 1.807) is 47.4 Å². The van der Waals surface area contributed by atoms with Gasteiger partial charge in [-0.2, -0.15) is 4.37 Å². The topological polar surface area (TPSA) is 119 Å². The molecule has 0 aliphatic carbocycles. The molecule has 176 valence electrons. The second-order valence-corrected chi connectivity index (χ2v) is 8.67. The van der Waals surface area contributed by atoms with Crippen LogP contribution in [0.1, 0.15) is 35.6 Å². The summed E-state index contributed by atoms with van der Waals surface area (Å²) in [6, 6.07) is 13.2. The van der Waals surface area contributed by atoms with Gasteiger partial charge in [0, 0.05) is 62.2 Å². The number of para-hydroxylation sites is 2. The SMILES string of the molecule is CC(=O)Oc1ccccc1C(=O)N1CCN(c2nc(Cc3ccccc3[N+](=O)[O-])ns2)CC1C. The summed E-state index contributed by atoms with van der Waals surface area (Å²) >= 11 is 1.24. The maximum Gasteiger partial charge on any atom is 0.308 e. The van der Waals surface area contributed by atoms with Gasteiger partial charge in [-0.1, -0.05) is 30.3 Å². The van der Waals surface area contributed by atoms with E-state index in [-0.39, 0.29) is 29.8 Å². The third-order valence-corrected chi connectivity index (χ3v) is 6.34. The number of rotatable bonds is 6. The number of amides is 1. The van der Waals surface area contributed by atoms with Gasteiger partial charge in [0.05, 0.1) is 10.5 Å². The molecule has 2 aromatic carbocycles. The Balaban J connectivity index is 1.44. The molecule has 1 saturated heterocycles. The van der Waals surface area contributed by atoms with Gasteiger partial charge < -0.3 is 14.5 Å². The number of ether oxygens (including phenoxy) is 1. The highest BCUT2D eigenvalue weighted by atomic mass is 32.1. The number of piperazine rings is 1. The van der Waals surface area contributed by atoms with Crippen molar-refractivity contribution in [2.75, 3.05) is 24.5 Å². The highest BCUT2D eigenvalue weighted by molar-refractivity contribution is 7.09. The van der Waals surface area contributed by atoms with Crippen LogP contribution in [0.2, 0.25) is 0 Å². The van der Waals surface area contributed by atoms with E-state index in [2.05, 4.69) is 14.3 Å². The number of nitro benzene ring substituents is 1. The lowest BCUT2D eigenvalue weighted by Crippen LogP contribution is -2.54. The first-order valence-corrected chi connectivity index (χ1v) is 11.5. The molecule has 1 aliphatic heterocycles. The number of nitrogens with zero attached hydrogens (tertiary/aromatic N) is 5. The van der Waals surface area contributed by atoms with Crippen LogP contribution in [-0.4, -0.2) is 56.7 Å². The third-order valence-electron chi connectivity index (χ3n) is 5.52. The van der Waals surface area contributed by atoms with Crippen LogP contribution in [0.4, 0.5) is 10.8 Å². The molecule has 1 atom stereocenters. The van der Waals surface area contributed by atoms with Crippen molar-refractivity contribution in [2.24, 2.45) is 0 Å². The lowest BCUT2D eigenvalue weighted by atomic mass is 10.1. The summed E-state index contributed by atoms with van der Waals surface area (Å²) < 4.78 is 9.59. The summed E-state index contributed by atoms with van der Waals surface area (Å²) in [5, 5.41) is 12.0. The summed E-state index contributed by atoms with van der Waals surface area (Å²) in [7, 11) is 0. The number of anilines is 1. The highest BCUT2D eigenvalue weighted by Crippen LogP contribution is 2.27. The molecule has 3 aromatic rings. The van der Waals surface area contributed by atoms with Crippen LogP contribution in [0.15, 0.2) is 48.5 Å². The van der Waals surface area contributed by atoms with Crippen molar-refractivity contribution in [1.82, 2.24) is 14.3 Å². The Morgan fingerprint density at radius 3 is 2.65 bits per heavy atom. The maximum absolute atomic E-state index is 13.2. The molecule has 0 bridgehead atoms. The zero-order valence-corrected chi connectivity index (χ0v) is 19.5. The smallest absolute Gasteiger partial charge is 0.308 e. The maximum atomic E-state index is 13.2. The van der Waals surface area contributed by atoms with E-state index in [4.69, 9.17) is 4.74 Å². The van der Waals surface area contributed by atoms with E-state index in [1.165, 1.54) is 24.5 Å². The van der Waals surface area contributed by atoms with E-state index in [1.807, 2.05) is 6.92 Å². The molecule has 0 saturated carbocycles. The standard InChI is InChI=1S/C23H23N5O5S/c1-15-14-26(11-12-27(15)22(30)18-8-4-6-10-20(18)33-16(2)29)23-24-21(25-34-23)13-17-7-3-5-9-19(17)28(31)32/h3-10,15H,11-14H2,1-2H3. The average Bonchev–Trinajstić information content (AvgIpc) is 3.27. The number of carbonyl (C=O) groups is 2. The van der Waals surface area contributed by atoms with Gasteiger partial charge in [-0.3, -0.25) is 19.7 Å². The van der Waals surface area contributed by atoms with Gasteiger partial charge in [0.1, 0.15) is 11.6 Å². The molecule has 10 nitrogen and oxygen atoms in total. The third kappa shape index (κ3) is 5.04. The van der Waals surface area contributed by atoms with Crippen molar-refractivity contribution >= 4 is 34.2 Å². The van der Waals surface area contributed by atoms with Crippen molar-refractivity contribution in [3.05, 3.63) is 75.6 Å². The number of nitro groups is 1. The Labute approximate surface area is 200 Å². The molecule has 34 heavy (non-hydrogen) atoms. The fourth-order valence-electron chi connectivity index (χ4n) is 3.93. The zero-order valence-electron chi connectivity index (χ0n) is 18.7. The number of carbonyl (C=O) groups excluding carboxylic acids is 2. The van der Waals surface area contributed by atoms with E-state index < -0.39 is 10.9 Å². The summed E-state index contributed by atoms with van der Waals surface area (Å²) in [6.07, 6.45) is 0.272. The molecule has 1 amide bonds. The molecule has 1 fully saturated rings. The first-order chi connectivity index (χ1) is 16.3. The van der Waals surface area contributed by atoms with Crippen molar-refractivity contribution in [2.45, 2.75) is 26.3 Å². The van der Waals surface area contributed by atoms with Gasteiger partial charge in [0.25, 0.3) is 11.6 Å². The normalized spacial score (nSPS) is 15.8. The minimum absolute atomic E-state index is 0.0497. The Morgan fingerprint density at radius 2 is 1.91 bits per heavy atom. The van der Waals surface area contributed by atoms with E-state index in [0.29, 0.717) is 41.7 Å². The van der Waals surface area contributed by atoms with Gasteiger partial charge in [-0.15, -0.1) is 0 Å². The number of hydrogen-bond acceptors (Lipinski definition) is 9. The van der Waals surface area contributed by atoms with E-state index >= 15 is 0 Å². The summed E-state index contributed by atoms with van der Waals surface area (Å²) in [5.41, 5.74) is 0.960. The summed E-state index contributed by atoms with van der Waals surface area (Å²) in [4.78, 5) is 43.9. The van der Waals surface area contributed by atoms with Gasteiger partial charge in [-0.05, 0) is 19.1 Å².